The van der Waals surface area contributed by atoms with Crippen molar-refractivity contribution >= 4 is 29.3 Å². The van der Waals surface area contributed by atoms with Crippen molar-refractivity contribution in [2.24, 2.45) is 0 Å². The van der Waals surface area contributed by atoms with Crippen LogP contribution in [0.15, 0.2) is 72.8 Å². The lowest BCUT2D eigenvalue weighted by Crippen LogP contribution is -2.26. The van der Waals surface area contributed by atoms with E-state index in [4.69, 9.17) is 0 Å². The van der Waals surface area contributed by atoms with E-state index in [0.29, 0.717) is 6.54 Å². The SMILES string of the molecule is Cc1cccc(NC(=O)CSCC(=O)NCc2ccccc2-c2ccc(CN3CCCC3)cc2)c1. The minimum atomic E-state index is -0.105. The monoisotopic (exact) mass is 487 g/mol. The number of nitrogens with zero attached hydrogens (tertiary/aromatic N) is 1. The zero-order valence-electron chi connectivity index (χ0n) is 20.3. The number of hydrogen-bond donors (Lipinski definition) is 2. The van der Waals surface area contributed by atoms with Gasteiger partial charge in [-0.2, -0.15) is 0 Å². The van der Waals surface area contributed by atoms with Crippen molar-refractivity contribution in [1.29, 1.82) is 0 Å². The highest BCUT2D eigenvalue weighted by Gasteiger charge is 2.12. The first-order valence-electron chi connectivity index (χ1n) is 12.2. The van der Waals surface area contributed by atoms with Gasteiger partial charge in [0.2, 0.25) is 11.8 Å². The number of nitrogens with one attached hydrogen (secondary N) is 2. The molecule has 0 saturated carbocycles. The maximum atomic E-state index is 12.4. The predicted octanol–water partition coefficient (Wildman–Crippen LogP) is 5.25. The van der Waals surface area contributed by atoms with E-state index < -0.39 is 0 Å². The summed E-state index contributed by atoms with van der Waals surface area (Å²) in [6.07, 6.45) is 2.60. The number of aryl methyl sites for hydroxylation is 1. The molecule has 0 atom stereocenters. The van der Waals surface area contributed by atoms with Crippen molar-refractivity contribution in [2.75, 3.05) is 29.9 Å². The van der Waals surface area contributed by atoms with E-state index in [1.54, 1.807) is 0 Å². The molecule has 2 N–H and O–H groups in total. The van der Waals surface area contributed by atoms with Gasteiger partial charge < -0.3 is 10.6 Å². The molecule has 4 rings (SSSR count). The van der Waals surface area contributed by atoms with E-state index in [1.165, 1.54) is 43.3 Å². The fourth-order valence-corrected chi connectivity index (χ4v) is 4.99. The van der Waals surface area contributed by atoms with Gasteiger partial charge in [-0.1, -0.05) is 60.7 Å². The normalized spacial score (nSPS) is 13.5. The molecular formula is C29H33N3O2S. The van der Waals surface area contributed by atoms with Crippen LogP contribution < -0.4 is 10.6 Å². The smallest absolute Gasteiger partial charge is 0.234 e. The topological polar surface area (TPSA) is 61.4 Å². The Morgan fingerprint density at radius 1 is 0.886 bits per heavy atom. The molecule has 0 bridgehead atoms. The van der Waals surface area contributed by atoms with Crippen molar-refractivity contribution < 1.29 is 9.59 Å². The number of hydrogen-bond acceptors (Lipinski definition) is 4. The van der Waals surface area contributed by atoms with Crippen LogP contribution in [0.25, 0.3) is 11.1 Å². The van der Waals surface area contributed by atoms with Crippen LogP contribution in [0, 0.1) is 6.92 Å². The van der Waals surface area contributed by atoms with Gasteiger partial charge in [-0.3, -0.25) is 14.5 Å². The third kappa shape index (κ3) is 7.70. The average Bonchev–Trinajstić information content (AvgIpc) is 3.36. The molecule has 1 fully saturated rings. The van der Waals surface area contributed by atoms with Gasteiger partial charge in [0.1, 0.15) is 0 Å². The lowest BCUT2D eigenvalue weighted by Gasteiger charge is -2.15. The van der Waals surface area contributed by atoms with Gasteiger partial charge in [0.15, 0.2) is 0 Å². The lowest BCUT2D eigenvalue weighted by atomic mass is 9.98. The summed E-state index contributed by atoms with van der Waals surface area (Å²) in [4.78, 5) is 27.0. The first-order chi connectivity index (χ1) is 17.1. The first-order valence-corrected chi connectivity index (χ1v) is 13.3. The van der Waals surface area contributed by atoms with Crippen LogP contribution in [0.4, 0.5) is 5.69 Å². The summed E-state index contributed by atoms with van der Waals surface area (Å²) in [6, 6.07) is 24.6. The first kappa shape index (κ1) is 25.0. The number of likely N-dealkylation sites (tertiary alicyclic amines) is 1. The molecule has 5 nitrogen and oxygen atoms in total. The van der Waals surface area contributed by atoms with Gasteiger partial charge in [-0.25, -0.2) is 0 Å². The largest absolute Gasteiger partial charge is 0.351 e. The summed E-state index contributed by atoms with van der Waals surface area (Å²) in [6.45, 7) is 5.84. The Hall–Kier alpha value is -3.09. The van der Waals surface area contributed by atoms with Crippen LogP contribution in [-0.4, -0.2) is 41.3 Å². The zero-order chi connectivity index (χ0) is 24.5. The second kappa shape index (κ2) is 12.6. The Morgan fingerprint density at radius 2 is 1.63 bits per heavy atom. The molecular weight excluding hydrogens is 454 g/mol. The van der Waals surface area contributed by atoms with Crippen LogP contribution in [0.3, 0.4) is 0 Å². The lowest BCUT2D eigenvalue weighted by molar-refractivity contribution is -0.118. The summed E-state index contributed by atoms with van der Waals surface area (Å²) in [5.74, 6) is 0.303. The van der Waals surface area contributed by atoms with Crippen LogP contribution in [0.2, 0.25) is 0 Å². The van der Waals surface area contributed by atoms with E-state index in [9.17, 15) is 9.59 Å². The highest BCUT2D eigenvalue weighted by Crippen LogP contribution is 2.25. The predicted molar refractivity (Wildman–Crippen MR) is 145 cm³/mol. The van der Waals surface area contributed by atoms with Crippen LogP contribution >= 0.6 is 11.8 Å². The minimum Gasteiger partial charge on any atom is -0.351 e. The molecule has 6 heteroatoms. The molecule has 1 aliphatic rings. The Bertz CT molecular complexity index is 1140. The van der Waals surface area contributed by atoms with E-state index in [2.05, 4.69) is 51.9 Å². The number of carbonyl (C=O) groups is 2. The molecule has 0 unspecified atom stereocenters. The molecule has 1 heterocycles. The number of anilines is 1. The van der Waals surface area contributed by atoms with E-state index in [0.717, 1.165) is 34.5 Å². The standard InChI is InChI=1S/C29H33N3O2S/c1-22-7-6-9-26(17-22)31-29(34)21-35-20-28(33)30-18-25-8-2-3-10-27(25)24-13-11-23(12-14-24)19-32-15-4-5-16-32/h2-3,6-14,17H,4-5,15-16,18-21H2,1H3,(H,30,33)(H,31,34). The van der Waals surface area contributed by atoms with Crippen molar-refractivity contribution in [3.63, 3.8) is 0 Å². The Labute approximate surface area is 212 Å². The summed E-state index contributed by atoms with van der Waals surface area (Å²) in [5, 5.41) is 5.87. The average molecular weight is 488 g/mol. The zero-order valence-corrected chi connectivity index (χ0v) is 21.1. The van der Waals surface area contributed by atoms with E-state index in [-0.39, 0.29) is 23.3 Å². The number of thioether (sulfide) groups is 1. The number of carbonyl (C=O) groups excluding carboxylic acids is 2. The van der Waals surface area contributed by atoms with Gasteiger partial charge in [0, 0.05) is 18.8 Å². The van der Waals surface area contributed by atoms with E-state index in [1.807, 2.05) is 43.3 Å². The third-order valence-corrected chi connectivity index (χ3v) is 7.06. The third-order valence-electron chi connectivity index (χ3n) is 6.13. The molecule has 1 saturated heterocycles. The fraction of sp³-hybridized carbons (Fsp3) is 0.310. The summed E-state index contributed by atoms with van der Waals surface area (Å²) in [7, 11) is 0. The fourth-order valence-electron chi connectivity index (χ4n) is 4.35. The van der Waals surface area contributed by atoms with Crippen molar-refractivity contribution in [3.05, 3.63) is 89.5 Å². The number of benzene rings is 3. The van der Waals surface area contributed by atoms with Gasteiger partial charge >= 0.3 is 0 Å². The second-order valence-corrected chi connectivity index (χ2v) is 10.0. The Morgan fingerprint density at radius 3 is 2.40 bits per heavy atom. The van der Waals surface area contributed by atoms with Crippen molar-refractivity contribution in [2.45, 2.75) is 32.9 Å². The van der Waals surface area contributed by atoms with Crippen LogP contribution in [0.5, 0.6) is 0 Å². The van der Waals surface area contributed by atoms with Crippen molar-refractivity contribution in [1.82, 2.24) is 10.2 Å². The van der Waals surface area contributed by atoms with Gasteiger partial charge in [0.25, 0.3) is 0 Å². The molecule has 1 aliphatic heterocycles. The molecule has 0 aliphatic carbocycles. The second-order valence-electron chi connectivity index (χ2n) is 9.02. The minimum absolute atomic E-state index is 0.0749. The molecule has 35 heavy (non-hydrogen) atoms. The highest BCUT2D eigenvalue weighted by molar-refractivity contribution is 8.00. The maximum Gasteiger partial charge on any atom is 0.234 e. The molecule has 0 spiro atoms. The summed E-state index contributed by atoms with van der Waals surface area (Å²) < 4.78 is 0. The molecule has 0 radical (unpaired) electrons. The maximum absolute atomic E-state index is 12.4. The molecule has 3 aromatic rings. The van der Waals surface area contributed by atoms with E-state index >= 15 is 0 Å². The van der Waals surface area contributed by atoms with Gasteiger partial charge in [0.05, 0.1) is 11.5 Å². The van der Waals surface area contributed by atoms with Crippen LogP contribution in [-0.2, 0) is 22.7 Å². The van der Waals surface area contributed by atoms with Crippen LogP contribution in [0.1, 0.15) is 29.5 Å². The molecule has 3 aromatic carbocycles. The molecule has 2 amide bonds. The summed E-state index contributed by atoms with van der Waals surface area (Å²) >= 11 is 1.31. The molecule has 0 aromatic heterocycles. The van der Waals surface area contributed by atoms with Crippen molar-refractivity contribution in [3.8, 4) is 11.1 Å². The summed E-state index contributed by atoms with van der Waals surface area (Å²) in [5.41, 5.74) is 6.57. The molecule has 182 valence electrons. The van der Waals surface area contributed by atoms with Gasteiger partial charge in [-0.15, -0.1) is 11.8 Å². The number of rotatable bonds is 10. The quantitative estimate of drug-likeness (QED) is 0.410. The Kier molecular flexibility index (Phi) is 8.98. The Balaban J connectivity index is 1.24. The highest BCUT2D eigenvalue weighted by atomic mass is 32.2. The number of amides is 2. The van der Waals surface area contributed by atoms with Gasteiger partial charge in [-0.05, 0) is 72.8 Å².